The topological polar surface area (TPSA) is 41.5 Å². The Morgan fingerprint density at radius 1 is 0.816 bits per heavy atom. The van der Waals surface area contributed by atoms with Crippen LogP contribution in [-0.2, 0) is 46.7 Å². The zero-order valence-corrected chi connectivity index (χ0v) is 30.1. The van der Waals surface area contributed by atoms with E-state index in [-0.39, 0.29) is 26.5 Å². The zero-order chi connectivity index (χ0) is 32.1. The molecule has 3 heterocycles. The molecule has 0 amide bonds. The Kier molecular flexibility index (Phi) is 8.66. The third kappa shape index (κ3) is 6.23. The number of para-hydroxylation sites is 1. The van der Waals surface area contributed by atoms with Crippen molar-refractivity contribution in [3.05, 3.63) is 150 Å². The number of hydrogen-bond acceptors (Lipinski definition) is 5. The molecule has 1 spiro atoms. The number of aromatic nitrogens is 2. The van der Waals surface area contributed by atoms with Crippen molar-refractivity contribution in [1.29, 1.82) is 0 Å². The summed E-state index contributed by atoms with van der Waals surface area (Å²) in [5.41, 5.74) is 11.6. The van der Waals surface area contributed by atoms with Crippen molar-refractivity contribution in [1.82, 2.24) is 9.97 Å². The summed E-state index contributed by atoms with van der Waals surface area (Å²) in [5.74, 6) is 2.66. The number of pyridine rings is 2. The zero-order valence-electron chi connectivity index (χ0n) is 27.8. The Morgan fingerprint density at radius 3 is 2.37 bits per heavy atom. The fraction of sp³-hybridized carbons (Fsp3) is 0.279. The maximum absolute atomic E-state index is 6.61. The molecule has 1 fully saturated rings. The molecule has 0 saturated heterocycles. The Bertz CT molecular complexity index is 1990. The summed E-state index contributed by atoms with van der Waals surface area (Å²) in [7, 11) is 0. The molecular formula is C43H40N4OPt. The van der Waals surface area contributed by atoms with Crippen molar-refractivity contribution in [2.75, 3.05) is 9.80 Å². The average Bonchev–Trinajstić information content (AvgIpc) is 3.81. The Morgan fingerprint density at radius 2 is 1.57 bits per heavy atom. The first-order valence-corrected chi connectivity index (χ1v) is 17.5. The van der Waals surface area contributed by atoms with Crippen LogP contribution in [0.1, 0.15) is 72.8 Å². The molecule has 1 saturated carbocycles. The standard InChI is InChI=1S/C43H40N4O.Pt/c1-30-28-46(37-16-6-3-7-17-37)29-47(30)40-22-36(31-11-4-2-5-12-31)23-41(45-40)48-38-18-10-15-32(21-38)42-39-27-43(26-35(39)19-20-44-42)24-33-13-8-9-14-34(33)25-43;/h3,6-10,13-20,22-23,28-29,31H,2,4-5,11-12,24-27H2,1H3;/q-2;+2. The first-order chi connectivity index (χ1) is 23.6. The smallest absolute Gasteiger partial charge is 0.479 e. The summed E-state index contributed by atoms with van der Waals surface area (Å²) in [4.78, 5) is 14.3. The van der Waals surface area contributed by atoms with Crippen LogP contribution in [0.2, 0.25) is 0 Å². The minimum atomic E-state index is 0. The summed E-state index contributed by atoms with van der Waals surface area (Å²) in [6.07, 6.45) is 14.8. The van der Waals surface area contributed by atoms with E-state index in [1.54, 1.807) is 0 Å². The second-order valence-electron chi connectivity index (χ2n) is 14.2. The number of rotatable bonds is 6. The molecule has 3 aromatic carbocycles. The Balaban J connectivity index is 0.00000348. The van der Waals surface area contributed by atoms with Gasteiger partial charge in [0.1, 0.15) is 5.82 Å². The predicted molar refractivity (Wildman–Crippen MR) is 192 cm³/mol. The van der Waals surface area contributed by atoms with E-state index in [1.165, 1.54) is 59.9 Å². The van der Waals surface area contributed by atoms with E-state index in [1.807, 2.05) is 18.3 Å². The molecule has 0 radical (unpaired) electrons. The van der Waals surface area contributed by atoms with Gasteiger partial charge in [0, 0.05) is 29.4 Å². The number of benzene rings is 3. The third-order valence-electron chi connectivity index (χ3n) is 10.9. The molecule has 0 unspecified atom stereocenters. The quantitative estimate of drug-likeness (QED) is 0.160. The van der Waals surface area contributed by atoms with E-state index >= 15 is 0 Å². The van der Waals surface area contributed by atoms with Crippen molar-refractivity contribution in [2.45, 2.75) is 70.6 Å². The van der Waals surface area contributed by atoms with Gasteiger partial charge in [0.25, 0.3) is 0 Å². The van der Waals surface area contributed by atoms with E-state index in [0.717, 1.165) is 54.1 Å². The molecule has 0 atom stereocenters. The van der Waals surface area contributed by atoms with Crippen LogP contribution in [-0.4, -0.2) is 9.97 Å². The molecule has 2 aromatic heterocycles. The van der Waals surface area contributed by atoms with Crippen molar-refractivity contribution in [3.63, 3.8) is 0 Å². The summed E-state index contributed by atoms with van der Waals surface area (Å²) >= 11 is 0. The first-order valence-electron chi connectivity index (χ1n) is 17.5. The molecule has 0 N–H and O–H groups in total. The number of nitrogens with zero attached hydrogens (tertiary/aromatic N) is 4. The van der Waals surface area contributed by atoms with Crippen LogP contribution in [0, 0.1) is 18.2 Å². The van der Waals surface area contributed by atoms with Crippen LogP contribution in [0.4, 0.5) is 11.5 Å². The van der Waals surface area contributed by atoms with Gasteiger partial charge in [0.15, 0.2) is 0 Å². The van der Waals surface area contributed by atoms with Gasteiger partial charge in [0.05, 0.1) is 0 Å². The minimum Gasteiger partial charge on any atom is -0.479 e. The average molecular weight is 824 g/mol. The summed E-state index contributed by atoms with van der Waals surface area (Å²) < 4.78 is 6.61. The van der Waals surface area contributed by atoms with Gasteiger partial charge in [-0.3, -0.25) is 0 Å². The van der Waals surface area contributed by atoms with Crippen LogP contribution in [0.5, 0.6) is 11.6 Å². The number of anilines is 2. The van der Waals surface area contributed by atoms with Crippen LogP contribution >= 0.6 is 0 Å². The van der Waals surface area contributed by atoms with E-state index in [0.29, 0.717) is 17.5 Å². The second-order valence-corrected chi connectivity index (χ2v) is 14.2. The maximum atomic E-state index is 6.61. The fourth-order valence-corrected chi connectivity index (χ4v) is 8.60. The van der Waals surface area contributed by atoms with Gasteiger partial charge in [-0.15, -0.1) is 30.4 Å². The maximum Gasteiger partial charge on any atom is 2.00 e. The van der Waals surface area contributed by atoms with Crippen molar-refractivity contribution in [2.24, 2.45) is 5.41 Å². The number of hydrogen-bond donors (Lipinski definition) is 0. The molecule has 5 nitrogen and oxygen atoms in total. The fourth-order valence-electron chi connectivity index (χ4n) is 8.60. The molecule has 3 aliphatic carbocycles. The van der Waals surface area contributed by atoms with Crippen LogP contribution in [0.3, 0.4) is 0 Å². The third-order valence-corrected chi connectivity index (χ3v) is 10.9. The monoisotopic (exact) mass is 823 g/mol. The van der Waals surface area contributed by atoms with Gasteiger partial charge in [0.2, 0.25) is 5.88 Å². The molecule has 49 heavy (non-hydrogen) atoms. The number of fused-ring (bicyclic) bond motifs is 2. The molecule has 4 aliphatic rings. The molecule has 1 aliphatic heterocycles. The largest absolute Gasteiger partial charge is 2.00 e. The first kappa shape index (κ1) is 32.0. The van der Waals surface area contributed by atoms with Gasteiger partial charge < -0.3 is 19.5 Å². The molecule has 0 bridgehead atoms. The van der Waals surface area contributed by atoms with Crippen LogP contribution in [0.15, 0.2) is 109 Å². The molecule has 9 rings (SSSR count). The number of ether oxygens (including phenoxy) is 1. The van der Waals surface area contributed by atoms with E-state index < -0.39 is 0 Å². The summed E-state index contributed by atoms with van der Waals surface area (Å²) in [6.45, 7) is 4.25. The van der Waals surface area contributed by atoms with E-state index in [2.05, 4.69) is 115 Å². The van der Waals surface area contributed by atoms with Gasteiger partial charge in [-0.2, -0.15) is 4.98 Å². The van der Waals surface area contributed by atoms with E-state index in [4.69, 9.17) is 14.7 Å². The molecule has 5 aromatic rings. The van der Waals surface area contributed by atoms with Gasteiger partial charge in [-0.1, -0.05) is 73.4 Å². The van der Waals surface area contributed by atoms with Crippen molar-refractivity contribution < 1.29 is 25.8 Å². The minimum absolute atomic E-state index is 0. The van der Waals surface area contributed by atoms with Crippen LogP contribution in [0.25, 0.3) is 11.3 Å². The van der Waals surface area contributed by atoms with E-state index in [9.17, 15) is 0 Å². The van der Waals surface area contributed by atoms with Gasteiger partial charge in [-0.25, -0.2) is 0 Å². The van der Waals surface area contributed by atoms with Gasteiger partial charge >= 0.3 is 21.1 Å². The molecule has 6 heteroatoms. The SMILES string of the molecule is CC1=CN(c2ccccc2)[CH-]N1c1cc(C2CCCCC2)cc(Oc2[c-]c(-c3nccc4c3CC3(Cc5ccccc5C3)C4)ccc2)n1.[Pt+2]. The Hall–Kier alpha value is -4.21. The Labute approximate surface area is 304 Å². The van der Waals surface area contributed by atoms with Gasteiger partial charge in [-0.05, 0) is 115 Å². The van der Waals surface area contributed by atoms with Crippen molar-refractivity contribution >= 4 is 11.5 Å². The molecular weight excluding hydrogens is 784 g/mol. The molecule has 248 valence electrons. The number of allylic oxidation sites excluding steroid dienone is 1. The summed E-state index contributed by atoms with van der Waals surface area (Å²) in [5, 5.41) is 0. The predicted octanol–water partition coefficient (Wildman–Crippen LogP) is 9.97. The second kappa shape index (κ2) is 13.2. The van der Waals surface area contributed by atoms with Crippen molar-refractivity contribution in [3.8, 4) is 22.9 Å². The normalized spacial score (nSPS) is 17.9. The van der Waals surface area contributed by atoms with Crippen LogP contribution < -0.4 is 14.5 Å². The summed E-state index contributed by atoms with van der Waals surface area (Å²) in [6, 6.07) is 35.8.